The zero-order chi connectivity index (χ0) is 24.9. The van der Waals surface area contributed by atoms with Crippen LogP contribution in [0.1, 0.15) is 21.5 Å². The molecule has 34 heavy (non-hydrogen) atoms. The van der Waals surface area contributed by atoms with Crippen LogP contribution in [0.25, 0.3) is 11.1 Å². The Morgan fingerprint density at radius 1 is 0.971 bits per heavy atom. The van der Waals surface area contributed by atoms with Crippen LogP contribution in [0, 0.1) is 0 Å². The number of benzene rings is 2. The first-order chi connectivity index (χ1) is 15.9. The molecule has 0 radical (unpaired) electrons. The molecule has 3 aromatic rings. The van der Waals surface area contributed by atoms with Gasteiger partial charge in [0.1, 0.15) is 0 Å². The van der Waals surface area contributed by atoms with Crippen LogP contribution in [0.3, 0.4) is 0 Å². The predicted molar refractivity (Wildman–Crippen MR) is 114 cm³/mol. The number of carbonyl (C=O) groups excluding carboxylic acids is 1. The summed E-state index contributed by atoms with van der Waals surface area (Å²) < 4.78 is 80.5. The van der Waals surface area contributed by atoms with Crippen LogP contribution in [0.2, 0.25) is 5.02 Å². The Hall–Kier alpha value is -3.27. The topological polar surface area (TPSA) is 51.2 Å². The summed E-state index contributed by atoms with van der Waals surface area (Å²) in [5.41, 5.74) is 0.398. The summed E-state index contributed by atoms with van der Waals surface area (Å²) in [5.74, 6) is -1.02. The summed E-state index contributed by atoms with van der Waals surface area (Å²) in [6.45, 7) is -1.39. The fourth-order valence-electron chi connectivity index (χ4n) is 3.06. The van der Waals surface area contributed by atoms with Gasteiger partial charge in [-0.15, -0.1) is 0 Å². The van der Waals surface area contributed by atoms with Crippen molar-refractivity contribution in [3.05, 3.63) is 82.5 Å². The molecule has 0 fully saturated rings. The van der Waals surface area contributed by atoms with E-state index < -0.39 is 36.0 Å². The molecular weight excluding hydrogens is 486 g/mol. The van der Waals surface area contributed by atoms with Crippen LogP contribution in [0.5, 0.6) is 5.88 Å². The van der Waals surface area contributed by atoms with Crippen LogP contribution < -0.4 is 10.1 Å². The number of nitrogens with one attached hydrogen (secondary N) is 1. The minimum atomic E-state index is -4.65. The molecule has 11 heteroatoms. The Kier molecular flexibility index (Phi) is 7.71. The number of ether oxygens (including phenoxy) is 1. The highest BCUT2D eigenvalue weighted by molar-refractivity contribution is 6.31. The lowest BCUT2D eigenvalue weighted by molar-refractivity contribution is -0.154. The Labute approximate surface area is 195 Å². The molecule has 3 rings (SSSR count). The molecule has 0 aliphatic rings. The van der Waals surface area contributed by atoms with Crippen LogP contribution in [-0.2, 0) is 12.6 Å². The van der Waals surface area contributed by atoms with Gasteiger partial charge in [0.15, 0.2) is 6.61 Å². The van der Waals surface area contributed by atoms with Crippen LogP contribution >= 0.6 is 11.6 Å². The maximum Gasteiger partial charge on any atom is 0.422 e. The van der Waals surface area contributed by atoms with Gasteiger partial charge in [0, 0.05) is 29.4 Å². The Bertz CT molecular complexity index is 1150. The molecule has 2 aromatic carbocycles. The Morgan fingerprint density at radius 2 is 1.68 bits per heavy atom. The van der Waals surface area contributed by atoms with E-state index in [9.17, 15) is 31.1 Å². The number of amides is 1. The van der Waals surface area contributed by atoms with Gasteiger partial charge in [-0.25, -0.2) is 4.98 Å². The van der Waals surface area contributed by atoms with Crippen molar-refractivity contribution in [1.29, 1.82) is 0 Å². The molecule has 1 N–H and O–H groups in total. The fourth-order valence-corrected chi connectivity index (χ4v) is 3.33. The van der Waals surface area contributed by atoms with Crippen molar-refractivity contribution in [2.24, 2.45) is 0 Å². The van der Waals surface area contributed by atoms with Gasteiger partial charge in [-0.05, 0) is 41.8 Å². The monoisotopic (exact) mass is 502 g/mol. The maximum atomic E-state index is 13.1. The number of rotatable bonds is 7. The zero-order valence-electron chi connectivity index (χ0n) is 17.3. The molecule has 0 aliphatic heterocycles. The van der Waals surface area contributed by atoms with Gasteiger partial charge >= 0.3 is 12.4 Å². The molecule has 1 heterocycles. The first-order valence-electron chi connectivity index (χ1n) is 9.83. The van der Waals surface area contributed by atoms with Crippen LogP contribution in [-0.4, -0.2) is 30.2 Å². The largest absolute Gasteiger partial charge is 0.468 e. The summed E-state index contributed by atoms with van der Waals surface area (Å²) in [5, 5.41) is 2.81. The smallest absolute Gasteiger partial charge is 0.422 e. The minimum absolute atomic E-state index is 0.0525. The first-order valence-corrected chi connectivity index (χ1v) is 10.2. The third kappa shape index (κ3) is 6.86. The van der Waals surface area contributed by atoms with Crippen LogP contribution in [0.15, 0.2) is 60.8 Å². The summed E-state index contributed by atoms with van der Waals surface area (Å²) in [7, 11) is 0. The van der Waals surface area contributed by atoms with Gasteiger partial charge in [-0.1, -0.05) is 35.9 Å². The van der Waals surface area contributed by atoms with E-state index in [2.05, 4.69) is 15.0 Å². The average molecular weight is 503 g/mol. The SMILES string of the molecule is O=C(NCCc1ccc(-c2ccc(OCC(F)(F)F)nc2)cc1Cl)c1ccccc1C(F)(F)F. The highest BCUT2D eigenvalue weighted by atomic mass is 35.5. The standard InChI is InChI=1S/C23H17ClF6N2O2/c24-19-11-15(16-7-8-20(32-12-16)34-13-22(25,26)27)6-5-14(19)9-10-31-21(33)17-3-1-2-4-18(17)23(28,29)30/h1-8,11-12H,9-10,13H2,(H,31,33). The van der Waals surface area contributed by atoms with Crippen molar-refractivity contribution in [1.82, 2.24) is 10.3 Å². The maximum absolute atomic E-state index is 13.1. The fraction of sp³-hybridized carbons (Fsp3) is 0.217. The lowest BCUT2D eigenvalue weighted by atomic mass is 10.0. The second-order valence-electron chi connectivity index (χ2n) is 7.14. The molecule has 1 amide bonds. The number of nitrogens with zero attached hydrogens (tertiary/aromatic N) is 1. The minimum Gasteiger partial charge on any atom is -0.468 e. The number of hydrogen-bond acceptors (Lipinski definition) is 3. The van der Waals surface area contributed by atoms with E-state index in [1.165, 1.54) is 30.5 Å². The summed E-state index contributed by atoms with van der Waals surface area (Å²) in [6.07, 6.45) is -7.51. The number of halogens is 7. The van der Waals surface area contributed by atoms with Gasteiger partial charge in [0.25, 0.3) is 5.91 Å². The first kappa shape index (κ1) is 25.4. The third-order valence-corrected chi connectivity index (χ3v) is 5.02. The number of alkyl halides is 6. The quantitative estimate of drug-likeness (QED) is 0.384. The van der Waals surface area contributed by atoms with Crippen molar-refractivity contribution >= 4 is 17.5 Å². The molecular formula is C23H17ClF6N2O2. The van der Waals surface area contributed by atoms with Crippen molar-refractivity contribution < 1.29 is 35.9 Å². The lowest BCUT2D eigenvalue weighted by Crippen LogP contribution is -2.28. The molecule has 0 spiro atoms. The van der Waals surface area contributed by atoms with Gasteiger partial charge < -0.3 is 10.1 Å². The van der Waals surface area contributed by atoms with E-state index >= 15 is 0 Å². The number of pyridine rings is 1. The molecule has 0 atom stereocenters. The van der Waals surface area contributed by atoms with Gasteiger partial charge in [-0.3, -0.25) is 4.79 Å². The van der Waals surface area contributed by atoms with Gasteiger partial charge in [-0.2, -0.15) is 26.3 Å². The molecule has 4 nitrogen and oxygen atoms in total. The molecule has 1 aromatic heterocycles. The highest BCUT2D eigenvalue weighted by Crippen LogP contribution is 2.32. The van der Waals surface area contributed by atoms with Crippen LogP contribution in [0.4, 0.5) is 26.3 Å². The van der Waals surface area contributed by atoms with E-state index in [4.69, 9.17) is 11.6 Å². The van der Waals surface area contributed by atoms with Gasteiger partial charge in [0.05, 0.1) is 11.1 Å². The molecule has 180 valence electrons. The Morgan fingerprint density at radius 3 is 2.29 bits per heavy atom. The number of aromatic nitrogens is 1. The van der Waals surface area contributed by atoms with E-state index in [1.54, 1.807) is 18.2 Å². The molecule has 0 bridgehead atoms. The average Bonchev–Trinajstić information content (AvgIpc) is 2.78. The molecule has 0 saturated carbocycles. The zero-order valence-corrected chi connectivity index (χ0v) is 18.1. The number of carbonyl (C=O) groups is 1. The van der Waals surface area contributed by atoms with E-state index in [0.29, 0.717) is 21.7 Å². The lowest BCUT2D eigenvalue weighted by Gasteiger charge is -2.13. The summed E-state index contributed by atoms with van der Waals surface area (Å²) in [6, 6.07) is 12.3. The van der Waals surface area contributed by atoms with Crippen molar-refractivity contribution in [2.45, 2.75) is 18.8 Å². The van der Waals surface area contributed by atoms with Crippen molar-refractivity contribution in [2.75, 3.05) is 13.2 Å². The van der Waals surface area contributed by atoms with E-state index in [-0.39, 0.29) is 18.8 Å². The summed E-state index contributed by atoms with van der Waals surface area (Å²) >= 11 is 6.30. The van der Waals surface area contributed by atoms with E-state index in [1.807, 2.05) is 0 Å². The van der Waals surface area contributed by atoms with Crippen molar-refractivity contribution in [3.63, 3.8) is 0 Å². The third-order valence-electron chi connectivity index (χ3n) is 4.66. The van der Waals surface area contributed by atoms with E-state index in [0.717, 1.165) is 12.1 Å². The predicted octanol–water partition coefficient (Wildman–Crippen LogP) is 6.33. The highest BCUT2D eigenvalue weighted by Gasteiger charge is 2.34. The summed E-state index contributed by atoms with van der Waals surface area (Å²) in [4.78, 5) is 16.1. The second kappa shape index (κ2) is 10.3. The molecule has 0 saturated heterocycles. The number of hydrogen-bond donors (Lipinski definition) is 1. The van der Waals surface area contributed by atoms with Crippen molar-refractivity contribution in [3.8, 4) is 17.0 Å². The second-order valence-corrected chi connectivity index (χ2v) is 7.55. The normalized spacial score (nSPS) is 11.9. The molecule has 0 aliphatic carbocycles. The van der Waals surface area contributed by atoms with Gasteiger partial charge in [0.2, 0.25) is 5.88 Å². The molecule has 0 unspecified atom stereocenters. The Balaban J connectivity index is 1.61.